The Morgan fingerprint density at radius 3 is 2.40 bits per heavy atom. The number of rotatable bonds is 10. The van der Waals surface area contributed by atoms with Crippen LogP contribution in [0.15, 0.2) is 0 Å². The first-order chi connectivity index (χ1) is 7.16. The number of hydrogen-bond acceptors (Lipinski definition) is 2. The molecule has 0 bridgehead atoms. The van der Waals surface area contributed by atoms with Crippen LogP contribution in [0.5, 0.6) is 0 Å². The van der Waals surface area contributed by atoms with E-state index in [1.54, 1.807) is 0 Å². The van der Waals surface area contributed by atoms with Crippen LogP contribution in [-0.2, 0) is 9.53 Å². The number of hydrogen-bond donors (Lipinski definition) is 0. The van der Waals surface area contributed by atoms with Gasteiger partial charge < -0.3 is 9.53 Å². The maximum Gasteiger partial charge on any atom is 0.119 e. The fourth-order valence-electron chi connectivity index (χ4n) is 1.51. The van der Waals surface area contributed by atoms with Crippen molar-refractivity contribution in [3.05, 3.63) is 0 Å². The Bertz CT molecular complexity index is 143. The van der Waals surface area contributed by atoms with E-state index in [2.05, 4.69) is 20.8 Å². The highest BCUT2D eigenvalue weighted by Gasteiger charge is 2.02. The smallest absolute Gasteiger partial charge is 0.119 e. The highest BCUT2D eigenvalue weighted by molar-refractivity contribution is 5.48. The zero-order valence-corrected chi connectivity index (χ0v) is 10.5. The lowest BCUT2D eigenvalue weighted by Crippen LogP contribution is -2.09. The van der Waals surface area contributed by atoms with E-state index >= 15 is 0 Å². The van der Waals surface area contributed by atoms with Crippen molar-refractivity contribution in [2.24, 2.45) is 5.92 Å². The standard InChI is InChI=1S/C13H26O2/c1-12(2)8-7-9-13(3)15-11-6-4-5-10-14/h10,12-13H,4-9,11H2,1-3H3. The number of unbranched alkanes of at least 4 members (excludes halogenated alkanes) is 2. The maximum absolute atomic E-state index is 10.1. The van der Waals surface area contributed by atoms with Crippen LogP contribution in [0, 0.1) is 5.92 Å². The van der Waals surface area contributed by atoms with E-state index in [0.29, 0.717) is 12.5 Å². The molecule has 1 atom stereocenters. The maximum atomic E-state index is 10.1. The second-order valence-electron chi connectivity index (χ2n) is 4.67. The van der Waals surface area contributed by atoms with Gasteiger partial charge in [0.2, 0.25) is 0 Å². The highest BCUT2D eigenvalue weighted by atomic mass is 16.5. The molecular formula is C13H26O2. The summed E-state index contributed by atoms with van der Waals surface area (Å²) in [6.45, 7) is 7.45. The van der Waals surface area contributed by atoms with E-state index in [1.165, 1.54) is 12.8 Å². The fraction of sp³-hybridized carbons (Fsp3) is 0.923. The lowest BCUT2D eigenvalue weighted by molar-refractivity contribution is -0.108. The van der Waals surface area contributed by atoms with Gasteiger partial charge >= 0.3 is 0 Å². The van der Waals surface area contributed by atoms with E-state index in [4.69, 9.17) is 4.74 Å². The second kappa shape index (κ2) is 10.2. The molecule has 15 heavy (non-hydrogen) atoms. The molecule has 0 aromatic rings. The summed E-state index contributed by atoms with van der Waals surface area (Å²) < 4.78 is 5.65. The highest BCUT2D eigenvalue weighted by Crippen LogP contribution is 2.10. The van der Waals surface area contributed by atoms with Crippen molar-refractivity contribution in [3.63, 3.8) is 0 Å². The van der Waals surface area contributed by atoms with Crippen LogP contribution in [0.2, 0.25) is 0 Å². The predicted octanol–water partition coefficient (Wildman–Crippen LogP) is 3.59. The molecular weight excluding hydrogens is 188 g/mol. The molecule has 0 heterocycles. The number of aldehydes is 1. The van der Waals surface area contributed by atoms with Crippen LogP contribution in [0.25, 0.3) is 0 Å². The van der Waals surface area contributed by atoms with Crippen molar-refractivity contribution in [1.29, 1.82) is 0 Å². The summed E-state index contributed by atoms with van der Waals surface area (Å²) in [6, 6.07) is 0. The summed E-state index contributed by atoms with van der Waals surface area (Å²) in [7, 11) is 0. The predicted molar refractivity (Wildman–Crippen MR) is 64.0 cm³/mol. The zero-order valence-electron chi connectivity index (χ0n) is 10.5. The molecule has 0 aliphatic carbocycles. The molecule has 0 aliphatic heterocycles. The van der Waals surface area contributed by atoms with Gasteiger partial charge in [0.15, 0.2) is 0 Å². The van der Waals surface area contributed by atoms with Crippen LogP contribution >= 0.6 is 0 Å². The molecule has 0 spiro atoms. The molecule has 0 aromatic carbocycles. The Labute approximate surface area is 94.4 Å². The van der Waals surface area contributed by atoms with Gasteiger partial charge in [-0.1, -0.05) is 26.7 Å². The molecule has 1 unspecified atom stereocenters. The Hall–Kier alpha value is -0.370. The Balaban J connectivity index is 3.18. The SMILES string of the molecule is CC(C)CCCC(C)OCCCCC=O. The van der Waals surface area contributed by atoms with Crippen molar-refractivity contribution in [3.8, 4) is 0 Å². The Morgan fingerprint density at radius 2 is 1.80 bits per heavy atom. The third kappa shape index (κ3) is 11.6. The van der Waals surface area contributed by atoms with Crippen molar-refractivity contribution in [2.75, 3.05) is 6.61 Å². The summed E-state index contributed by atoms with van der Waals surface area (Å²) in [5.74, 6) is 0.796. The van der Waals surface area contributed by atoms with E-state index in [1.807, 2.05) is 0 Å². The van der Waals surface area contributed by atoms with E-state index in [-0.39, 0.29) is 0 Å². The van der Waals surface area contributed by atoms with E-state index in [0.717, 1.165) is 38.1 Å². The topological polar surface area (TPSA) is 26.3 Å². The molecule has 0 N–H and O–H groups in total. The minimum Gasteiger partial charge on any atom is -0.379 e. The third-order valence-electron chi connectivity index (χ3n) is 2.51. The Kier molecular flexibility index (Phi) is 9.91. The van der Waals surface area contributed by atoms with Gasteiger partial charge in [-0.2, -0.15) is 0 Å². The monoisotopic (exact) mass is 214 g/mol. The van der Waals surface area contributed by atoms with Crippen molar-refractivity contribution in [2.45, 2.75) is 65.4 Å². The fourth-order valence-corrected chi connectivity index (χ4v) is 1.51. The molecule has 0 rings (SSSR count). The summed E-state index contributed by atoms with van der Waals surface area (Å²) in [4.78, 5) is 10.1. The lowest BCUT2D eigenvalue weighted by atomic mass is 10.0. The van der Waals surface area contributed by atoms with Crippen molar-refractivity contribution < 1.29 is 9.53 Å². The first kappa shape index (κ1) is 14.6. The number of carbonyl (C=O) groups is 1. The molecule has 0 aliphatic rings. The number of ether oxygens (including phenoxy) is 1. The van der Waals surface area contributed by atoms with E-state index < -0.39 is 0 Å². The van der Waals surface area contributed by atoms with Crippen LogP contribution in [0.3, 0.4) is 0 Å². The summed E-state index contributed by atoms with van der Waals surface area (Å²) in [6.07, 6.45) is 7.70. The summed E-state index contributed by atoms with van der Waals surface area (Å²) >= 11 is 0. The van der Waals surface area contributed by atoms with Gasteiger partial charge in [-0.25, -0.2) is 0 Å². The van der Waals surface area contributed by atoms with Crippen LogP contribution < -0.4 is 0 Å². The van der Waals surface area contributed by atoms with Gasteiger partial charge in [0.05, 0.1) is 6.10 Å². The molecule has 0 radical (unpaired) electrons. The van der Waals surface area contributed by atoms with Gasteiger partial charge in [-0.15, -0.1) is 0 Å². The first-order valence-corrected chi connectivity index (χ1v) is 6.22. The van der Waals surface area contributed by atoms with Gasteiger partial charge in [0.25, 0.3) is 0 Å². The largest absolute Gasteiger partial charge is 0.379 e. The first-order valence-electron chi connectivity index (χ1n) is 6.22. The average molecular weight is 214 g/mol. The van der Waals surface area contributed by atoms with Crippen LogP contribution in [0.1, 0.15) is 59.3 Å². The van der Waals surface area contributed by atoms with Crippen LogP contribution in [-0.4, -0.2) is 19.0 Å². The van der Waals surface area contributed by atoms with Gasteiger partial charge in [0, 0.05) is 13.0 Å². The third-order valence-corrected chi connectivity index (χ3v) is 2.51. The molecule has 0 amide bonds. The molecule has 0 fully saturated rings. The molecule has 0 saturated heterocycles. The Morgan fingerprint density at radius 1 is 1.07 bits per heavy atom. The lowest BCUT2D eigenvalue weighted by Gasteiger charge is -2.13. The van der Waals surface area contributed by atoms with Gasteiger partial charge in [-0.3, -0.25) is 0 Å². The minimum absolute atomic E-state index is 0.375. The van der Waals surface area contributed by atoms with Crippen LogP contribution in [0.4, 0.5) is 0 Å². The average Bonchev–Trinajstić information content (AvgIpc) is 2.17. The van der Waals surface area contributed by atoms with E-state index in [9.17, 15) is 4.79 Å². The molecule has 2 nitrogen and oxygen atoms in total. The van der Waals surface area contributed by atoms with Gasteiger partial charge in [-0.05, 0) is 32.1 Å². The quantitative estimate of drug-likeness (QED) is 0.410. The summed E-state index contributed by atoms with van der Waals surface area (Å²) in [5.41, 5.74) is 0. The summed E-state index contributed by atoms with van der Waals surface area (Å²) in [5, 5.41) is 0. The molecule has 2 heteroatoms. The second-order valence-corrected chi connectivity index (χ2v) is 4.67. The zero-order chi connectivity index (χ0) is 11.5. The minimum atomic E-state index is 0.375. The van der Waals surface area contributed by atoms with Crippen molar-refractivity contribution in [1.82, 2.24) is 0 Å². The molecule has 0 saturated carbocycles. The molecule has 0 aromatic heterocycles. The molecule has 90 valence electrons. The van der Waals surface area contributed by atoms with Crippen molar-refractivity contribution >= 4 is 6.29 Å². The normalized spacial score (nSPS) is 13.1. The number of carbonyl (C=O) groups excluding carboxylic acids is 1. The van der Waals surface area contributed by atoms with Gasteiger partial charge in [0.1, 0.15) is 6.29 Å².